The number of pyridine rings is 1. The Hall–Kier alpha value is -3.06. The summed E-state index contributed by atoms with van der Waals surface area (Å²) >= 11 is 0. The molecule has 0 aliphatic carbocycles. The Kier molecular flexibility index (Phi) is 4.39. The smallest absolute Gasteiger partial charge is 0.289 e. The van der Waals surface area contributed by atoms with Gasteiger partial charge in [0.2, 0.25) is 5.95 Å². The molecule has 0 saturated heterocycles. The second-order valence-electron chi connectivity index (χ2n) is 4.99. The minimum absolute atomic E-state index is 0.217. The predicted molar refractivity (Wildman–Crippen MR) is 87.1 cm³/mol. The molecule has 7 nitrogen and oxygen atoms in total. The van der Waals surface area contributed by atoms with E-state index in [9.17, 15) is 4.79 Å². The van der Waals surface area contributed by atoms with Gasteiger partial charge in [-0.1, -0.05) is 30.3 Å². The number of hydrogen-bond donors (Lipinski definition) is 2. The molecule has 0 bridgehead atoms. The molecule has 23 heavy (non-hydrogen) atoms. The molecule has 3 aromatic rings. The summed E-state index contributed by atoms with van der Waals surface area (Å²) in [5, 5.41) is 0. The van der Waals surface area contributed by atoms with E-state index in [1.165, 1.54) is 10.9 Å². The lowest BCUT2D eigenvalue weighted by Gasteiger charge is -2.08. The van der Waals surface area contributed by atoms with Crippen molar-refractivity contribution in [3.63, 3.8) is 0 Å². The third-order valence-electron chi connectivity index (χ3n) is 3.19. The zero-order valence-electron chi connectivity index (χ0n) is 12.6. The van der Waals surface area contributed by atoms with E-state index in [4.69, 9.17) is 0 Å². The molecule has 2 heterocycles. The molecule has 0 saturated carbocycles. The first-order valence-electron chi connectivity index (χ1n) is 7.14. The van der Waals surface area contributed by atoms with Crippen LogP contribution in [0, 0.1) is 6.92 Å². The van der Waals surface area contributed by atoms with Crippen LogP contribution in [0.15, 0.2) is 59.8 Å². The van der Waals surface area contributed by atoms with Crippen molar-refractivity contribution in [2.45, 2.75) is 13.5 Å². The van der Waals surface area contributed by atoms with Crippen LogP contribution in [0.5, 0.6) is 0 Å². The Morgan fingerprint density at radius 3 is 2.70 bits per heavy atom. The van der Waals surface area contributed by atoms with Crippen LogP contribution in [0.3, 0.4) is 0 Å². The summed E-state index contributed by atoms with van der Waals surface area (Å²) < 4.78 is 1.30. The van der Waals surface area contributed by atoms with Gasteiger partial charge < -0.3 is 0 Å². The number of rotatable bonds is 5. The number of nitrogens with one attached hydrogen (secondary N) is 2. The highest BCUT2D eigenvalue weighted by Gasteiger charge is 2.05. The molecular formula is C16H16N6O. The van der Waals surface area contributed by atoms with Crippen molar-refractivity contribution in [3.05, 3.63) is 76.6 Å². The Balaban J connectivity index is 1.69. The molecule has 0 amide bonds. The molecule has 3 rings (SSSR count). The molecule has 0 atom stereocenters. The lowest BCUT2D eigenvalue weighted by molar-refractivity contribution is 0.763. The fourth-order valence-corrected chi connectivity index (χ4v) is 2.03. The molecule has 0 radical (unpaired) electrons. The molecule has 2 N–H and O–H groups in total. The molecule has 0 aliphatic rings. The van der Waals surface area contributed by atoms with Crippen molar-refractivity contribution in [2.75, 3.05) is 5.43 Å². The van der Waals surface area contributed by atoms with Crippen LogP contribution in [-0.2, 0) is 6.54 Å². The van der Waals surface area contributed by atoms with Crippen molar-refractivity contribution in [3.8, 4) is 5.82 Å². The molecule has 7 heteroatoms. The second-order valence-corrected chi connectivity index (χ2v) is 4.99. The Bertz CT molecular complexity index is 846. The molecule has 0 spiro atoms. The molecule has 116 valence electrons. The van der Waals surface area contributed by atoms with Crippen molar-refractivity contribution in [1.29, 1.82) is 0 Å². The van der Waals surface area contributed by atoms with E-state index in [0.29, 0.717) is 12.4 Å². The second kappa shape index (κ2) is 6.80. The normalized spacial score (nSPS) is 10.5. The quantitative estimate of drug-likeness (QED) is 0.694. The predicted octanol–water partition coefficient (Wildman–Crippen LogP) is 1.45. The Morgan fingerprint density at radius 2 is 1.96 bits per heavy atom. The van der Waals surface area contributed by atoms with Gasteiger partial charge in [-0.2, -0.15) is 4.98 Å². The molecule has 0 fully saturated rings. The summed E-state index contributed by atoms with van der Waals surface area (Å²) in [5.41, 5.74) is 7.47. The zero-order valence-corrected chi connectivity index (χ0v) is 12.6. The minimum atomic E-state index is -0.442. The molecule has 0 aliphatic heterocycles. The van der Waals surface area contributed by atoms with E-state index in [0.717, 1.165) is 11.1 Å². The van der Waals surface area contributed by atoms with Crippen LogP contribution in [0.1, 0.15) is 11.1 Å². The van der Waals surface area contributed by atoms with Gasteiger partial charge in [-0.05, 0) is 30.2 Å². The van der Waals surface area contributed by atoms with Crippen LogP contribution in [0.25, 0.3) is 5.82 Å². The SMILES string of the molecule is Cc1ccnc(-n2cnc(NNCc3ccccc3)nc2=O)c1. The molecule has 1 aromatic carbocycles. The Labute approximate surface area is 133 Å². The van der Waals surface area contributed by atoms with Crippen molar-refractivity contribution in [1.82, 2.24) is 24.9 Å². The maximum Gasteiger partial charge on any atom is 0.357 e. The van der Waals surface area contributed by atoms with Crippen LogP contribution in [0.2, 0.25) is 0 Å². The van der Waals surface area contributed by atoms with Crippen LogP contribution in [0.4, 0.5) is 5.95 Å². The maximum atomic E-state index is 12.1. The lowest BCUT2D eigenvalue weighted by Crippen LogP contribution is -2.28. The van der Waals surface area contributed by atoms with Gasteiger partial charge in [0, 0.05) is 12.7 Å². The third kappa shape index (κ3) is 3.78. The summed E-state index contributed by atoms with van der Waals surface area (Å²) in [6.07, 6.45) is 3.05. The maximum absolute atomic E-state index is 12.1. The number of aryl methyl sites for hydroxylation is 1. The molecular weight excluding hydrogens is 292 g/mol. The highest BCUT2D eigenvalue weighted by atomic mass is 16.1. The van der Waals surface area contributed by atoms with Crippen molar-refractivity contribution >= 4 is 5.95 Å². The topological polar surface area (TPSA) is 84.7 Å². The number of nitrogens with zero attached hydrogens (tertiary/aromatic N) is 4. The van der Waals surface area contributed by atoms with E-state index in [2.05, 4.69) is 25.8 Å². The van der Waals surface area contributed by atoms with E-state index in [-0.39, 0.29) is 5.95 Å². The average molecular weight is 308 g/mol. The van der Waals surface area contributed by atoms with Crippen LogP contribution in [-0.4, -0.2) is 19.5 Å². The Morgan fingerprint density at radius 1 is 1.13 bits per heavy atom. The highest BCUT2D eigenvalue weighted by molar-refractivity contribution is 5.28. The first-order chi connectivity index (χ1) is 11.2. The van der Waals surface area contributed by atoms with Crippen molar-refractivity contribution in [2.24, 2.45) is 0 Å². The largest absolute Gasteiger partial charge is 0.357 e. The summed E-state index contributed by atoms with van der Waals surface area (Å²) in [5.74, 6) is 0.716. The standard InChI is InChI=1S/C16H16N6O/c1-12-7-8-17-14(9-12)22-11-18-15(20-16(22)23)21-19-10-13-5-3-2-4-6-13/h2-9,11,19H,10H2,1H3,(H,20,21,23). The van der Waals surface area contributed by atoms with E-state index < -0.39 is 5.69 Å². The van der Waals surface area contributed by atoms with Gasteiger partial charge in [0.15, 0.2) is 0 Å². The van der Waals surface area contributed by atoms with Gasteiger partial charge in [-0.3, -0.25) is 5.43 Å². The van der Waals surface area contributed by atoms with E-state index in [1.54, 1.807) is 12.3 Å². The van der Waals surface area contributed by atoms with Crippen LogP contribution < -0.4 is 16.5 Å². The van der Waals surface area contributed by atoms with Crippen LogP contribution >= 0.6 is 0 Å². The van der Waals surface area contributed by atoms with Gasteiger partial charge in [0.25, 0.3) is 0 Å². The fraction of sp³-hybridized carbons (Fsp3) is 0.125. The summed E-state index contributed by atoms with van der Waals surface area (Å²) in [4.78, 5) is 24.2. The summed E-state index contributed by atoms with van der Waals surface area (Å²) in [6, 6.07) is 13.5. The highest BCUT2D eigenvalue weighted by Crippen LogP contribution is 2.03. The number of aromatic nitrogens is 4. The summed E-state index contributed by atoms with van der Waals surface area (Å²) in [7, 11) is 0. The minimum Gasteiger partial charge on any atom is -0.289 e. The monoisotopic (exact) mass is 308 g/mol. The number of benzene rings is 1. The first kappa shape index (κ1) is 14.9. The zero-order chi connectivity index (χ0) is 16.1. The summed E-state index contributed by atoms with van der Waals surface area (Å²) in [6.45, 7) is 2.52. The van der Waals surface area contributed by atoms with E-state index in [1.807, 2.05) is 43.3 Å². The van der Waals surface area contributed by atoms with Gasteiger partial charge in [-0.25, -0.2) is 24.8 Å². The van der Waals surface area contributed by atoms with Gasteiger partial charge >= 0.3 is 5.69 Å². The average Bonchev–Trinajstić information content (AvgIpc) is 2.56. The van der Waals surface area contributed by atoms with Gasteiger partial charge in [0.1, 0.15) is 12.1 Å². The van der Waals surface area contributed by atoms with Crippen molar-refractivity contribution < 1.29 is 0 Å². The number of hydrazine groups is 1. The molecule has 2 aromatic heterocycles. The third-order valence-corrected chi connectivity index (χ3v) is 3.19. The van der Waals surface area contributed by atoms with Gasteiger partial charge in [-0.15, -0.1) is 0 Å². The van der Waals surface area contributed by atoms with Gasteiger partial charge in [0.05, 0.1) is 0 Å². The number of anilines is 1. The lowest BCUT2D eigenvalue weighted by atomic mass is 10.2. The number of hydrogen-bond acceptors (Lipinski definition) is 6. The first-order valence-corrected chi connectivity index (χ1v) is 7.14. The van der Waals surface area contributed by atoms with E-state index >= 15 is 0 Å². The molecule has 0 unspecified atom stereocenters. The fourth-order valence-electron chi connectivity index (χ4n) is 2.03.